The summed E-state index contributed by atoms with van der Waals surface area (Å²) in [7, 11) is 0. The first-order valence-corrected chi connectivity index (χ1v) is 7.70. The van der Waals surface area contributed by atoms with Crippen LogP contribution in [0.15, 0.2) is 16.9 Å². The Hall–Kier alpha value is -1.30. The quantitative estimate of drug-likeness (QED) is 0.858. The molecule has 5 nitrogen and oxygen atoms in total. The maximum Gasteiger partial charge on any atom is 0.409 e. The molecule has 1 aliphatic heterocycles. The second kappa shape index (κ2) is 6.92. The molecule has 2 rings (SSSR count). The van der Waals surface area contributed by atoms with Crippen LogP contribution in [-0.4, -0.2) is 41.7 Å². The molecular formula is C14H20BrN3O2. The van der Waals surface area contributed by atoms with E-state index >= 15 is 0 Å². The number of likely N-dealkylation sites (tertiary alicyclic amines) is 1. The zero-order chi connectivity index (χ0) is 14.5. The number of halogens is 1. The summed E-state index contributed by atoms with van der Waals surface area (Å²) in [5.74, 6) is 0. The highest BCUT2D eigenvalue weighted by Crippen LogP contribution is 2.20. The first-order valence-electron chi connectivity index (χ1n) is 6.90. The Bertz CT molecular complexity index is 473. The van der Waals surface area contributed by atoms with Crippen LogP contribution < -0.4 is 5.32 Å². The Morgan fingerprint density at radius 1 is 1.55 bits per heavy atom. The average molecular weight is 342 g/mol. The van der Waals surface area contributed by atoms with E-state index in [1.165, 1.54) is 0 Å². The summed E-state index contributed by atoms with van der Waals surface area (Å²) in [6.45, 7) is 5.75. The monoisotopic (exact) mass is 341 g/mol. The summed E-state index contributed by atoms with van der Waals surface area (Å²) in [4.78, 5) is 17.7. The Balaban J connectivity index is 1.85. The van der Waals surface area contributed by atoms with Crippen molar-refractivity contribution in [3.8, 4) is 0 Å². The molecule has 1 aromatic heterocycles. The first-order chi connectivity index (χ1) is 9.60. The van der Waals surface area contributed by atoms with Crippen molar-refractivity contribution < 1.29 is 9.53 Å². The summed E-state index contributed by atoms with van der Waals surface area (Å²) in [6.07, 6.45) is 3.48. The van der Waals surface area contributed by atoms with Crippen molar-refractivity contribution in [2.24, 2.45) is 0 Å². The molecule has 0 radical (unpaired) electrons. The predicted octanol–water partition coefficient (Wildman–Crippen LogP) is 3.19. The lowest BCUT2D eigenvalue weighted by Crippen LogP contribution is -2.42. The van der Waals surface area contributed by atoms with E-state index in [1.54, 1.807) is 4.90 Å². The minimum atomic E-state index is -0.202. The highest BCUT2D eigenvalue weighted by molar-refractivity contribution is 9.10. The number of pyridine rings is 1. The molecule has 110 valence electrons. The molecule has 0 atom stereocenters. The number of hydrogen-bond donors (Lipinski definition) is 1. The second-order valence-corrected chi connectivity index (χ2v) is 5.69. The Morgan fingerprint density at radius 2 is 2.25 bits per heavy atom. The maximum atomic E-state index is 11.6. The minimum absolute atomic E-state index is 0.202. The molecule has 1 saturated heterocycles. The number of aryl methyl sites for hydroxylation is 1. The highest BCUT2D eigenvalue weighted by Gasteiger charge is 2.23. The van der Waals surface area contributed by atoms with Gasteiger partial charge in [0.25, 0.3) is 0 Å². The molecule has 0 aliphatic carbocycles. The van der Waals surface area contributed by atoms with Crippen molar-refractivity contribution >= 4 is 27.7 Å². The van der Waals surface area contributed by atoms with Gasteiger partial charge in [-0.05, 0) is 54.2 Å². The highest BCUT2D eigenvalue weighted by atomic mass is 79.9. The van der Waals surface area contributed by atoms with Crippen molar-refractivity contribution in [2.45, 2.75) is 32.7 Å². The lowest BCUT2D eigenvalue weighted by molar-refractivity contribution is 0.0983. The Labute approximate surface area is 127 Å². The molecule has 20 heavy (non-hydrogen) atoms. The van der Waals surface area contributed by atoms with Gasteiger partial charge in [0, 0.05) is 19.1 Å². The van der Waals surface area contributed by atoms with Gasteiger partial charge in [-0.1, -0.05) is 0 Å². The van der Waals surface area contributed by atoms with Crippen LogP contribution >= 0.6 is 15.9 Å². The number of rotatable bonds is 3. The third-order valence-corrected chi connectivity index (χ3v) is 4.24. The van der Waals surface area contributed by atoms with Crippen molar-refractivity contribution in [1.82, 2.24) is 9.88 Å². The number of nitrogens with zero attached hydrogens (tertiary/aromatic N) is 2. The second-order valence-electron chi connectivity index (χ2n) is 4.94. The number of piperidine rings is 1. The lowest BCUT2D eigenvalue weighted by Gasteiger charge is -2.32. The van der Waals surface area contributed by atoms with Gasteiger partial charge in [0.15, 0.2) is 0 Å². The number of carbonyl (C=O) groups is 1. The van der Waals surface area contributed by atoms with E-state index in [0.29, 0.717) is 12.6 Å². The Morgan fingerprint density at radius 3 is 2.85 bits per heavy atom. The van der Waals surface area contributed by atoms with Gasteiger partial charge in [0.2, 0.25) is 0 Å². The number of ether oxygens (including phenoxy) is 1. The number of aromatic nitrogens is 1. The largest absolute Gasteiger partial charge is 0.450 e. The van der Waals surface area contributed by atoms with Crippen LogP contribution in [0.25, 0.3) is 0 Å². The molecule has 0 bridgehead atoms. The van der Waals surface area contributed by atoms with E-state index in [9.17, 15) is 4.79 Å². The number of carbonyl (C=O) groups excluding carboxylic acids is 1. The topological polar surface area (TPSA) is 54.5 Å². The van der Waals surface area contributed by atoms with Crippen molar-refractivity contribution in [1.29, 1.82) is 0 Å². The maximum absolute atomic E-state index is 11.6. The standard InChI is InChI=1S/C14H20BrN3O2/c1-3-20-14(19)18-6-4-11(5-7-18)17-12-8-10(2)13(15)16-9-12/h8-9,11,17H,3-7H2,1-2H3. The third kappa shape index (κ3) is 3.85. The van der Waals surface area contributed by atoms with E-state index in [4.69, 9.17) is 4.74 Å². The SMILES string of the molecule is CCOC(=O)N1CCC(Nc2cnc(Br)c(C)c2)CC1. The van der Waals surface area contributed by atoms with Gasteiger partial charge in [-0.2, -0.15) is 0 Å². The molecule has 2 heterocycles. The van der Waals surface area contributed by atoms with E-state index in [1.807, 2.05) is 20.0 Å². The van der Waals surface area contributed by atoms with E-state index < -0.39 is 0 Å². The van der Waals surface area contributed by atoms with Gasteiger partial charge < -0.3 is 15.0 Å². The first kappa shape index (κ1) is 15.1. The summed E-state index contributed by atoms with van der Waals surface area (Å²) in [5, 5.41) is 3.48. The smallest absolute Gasteiger partial charge is 0.409 e. The fourth-order valence-electron chi connectivity index (χ4n) is 2.29. The fraction of sp³-hybridized carbons (Fsp3) is 0.571. The van der Waals surface area contributed by atoms with Gasteiger partial charge in [0.1, 0.15) is 4.60 Å². The van der Waals surface area contributed by atoms with Gasteiger partial charge in [-0.15, -0.1) is 0 Å². The molecule has 0 spiro atoms. The molecule has 1 N–H and O–H groups in total. The van der Waals surface area contributed by atoms with E-state index in [0.717, 1.165) is 41.8 Å². The van der Waals surface area contributed by atoms with Gasteiger partial charge >= 0.3 is 6.09 Å². The number of hydrogen-bond acceptors (Lipinski definition) is 4. The molecule has 6 heteroatoms. The fourth-order valence-corrected chi connectivity index (χ4v) is 2.51. The number of amides is 1. The lowest BCUT2D eigenvalue weighted by atomic mass is 10.1. The van der Waals surface area contributed by atoms with Crippen LogP contribution in [0.5, 0.6) is 0 Å². The van der Waals surface area contributed by atoms with Crippen LogP contribution in [0.2, 0.25) is 0 Å². The van der Waals surface area contributed by atoms with E-state index in [-0.39, 0.29) is 6.09 Å². The molecular weight excluding hydrogens is 322 g/mol. The third-order valence-electron chi connectivity index (χ3n) is 3.41. The van der Waals surface area contributed by atoms with Crippen LogP contribution in [-0.2, 0) is 4.74 Å². The van der Waals surface area contributed by atoms with Crippen molar-refractivity contribution in [2.75, 3.05) is 25.0 Å². The molecule has 1 aromatic rings. The van der Waals surface area contributed by atoms with Crippen LogP contribution in [0.4, 0.5) is 10.5 Å². The van der Waals surface area contributed by atoms with Crippen LogP contribution in [0.1, 0.15) is 25.3 Å². The minimum Gasteiger partial charge on any atom is -0.450 e. The number of anilines is 1. The van der Waals surface area contributed by atoms with Crippen LogP contribution in [0, 0.1) is 6.92 Å². The van der Waals surface area contributed by atoms with Gasteiger partial charge in [0.05, 0.1) is 18.5 Å². The normalized spacial score (nSPS) is 16.1. The molecule has 1 amide bonds. The summed E-state index contributed by atoms with van der Waals surface area (Å²) >= 11 is 3.40. The number of nitrogens with one attached hydrogen (secondary N) is 1. The van der Waals surface area contributed by atoms with E-state index in [2.05, 4.69) is 32.3 Å². The van der Waals surface area contributed by atoms with Gasteiger partial charge in [-0.25, -0.2) is 9.78 Å². The van der Waals surface area contributed by atoms with Gasteiger partial charge in [-0.3, -0.25) is 0 Å². The molecule has 1 aliphatic rings. The molecule has 0 unspecified atom stereocenters. The van der Waals surface area contributed by atoms with Crippen molar-refractivity contribution in [3.63, 3.8) is 0 Å². The zero-order valence-electron chi connectivity index (χ0n) is 11.9. The molecule has 0 saturated carbocycles. The Kier molecular flexibility index (Phi) is 5.23. The summed E-state index contributed by atoms with van der Waals surface area (Å²) in [6, 6.07) is 2.46. The summed E-state index contributed by atoms with van der Waals surface area (Å²) < 4.78 is 5.89. The van der Waals surface area contributed by atoms with Crippen molar-refractivity contribution in [3.05, 3.63) is 22.4 Å². The average Bonchev–Trinajstić information content (AvgIpc) is 2.44. The van der Waals surface area contributed by atoms with Crippen LogP contribution in [0.3, 0.4) is 0 Å². The molecule has 0 aromatic carbocycles. The summed E-state index contributed by atoms with van der Waals surface area (Å²) in [5.41, 5.74) is 2.14. The predicted molar refractivity (Wildman–Crippen MR) is 81.9 cm³/mol. The zero-order valence-corrected chi connectivity index (χ0v) is 13.4. The molecule has 1 fully saturated rings.